The van der Waals surface area contributed by atoms with Gasteiger partial charge in [0.25, 0.3) is 11.5 Å². The summed E-state index contributed by atoms with van der Waals surface area (Å²) in [6.45, 7) is 3.89. The third-order valence-corrected chi connectivity index (χ3v) is 4.47. The van der Waals surface area contributed by atoms with Gasteiger partial charge in [0.15, 0.2) is 0 Å². The second-order valence-corrected chi connectivity index (χ2v) is 6.55. The molecule has 27 heavy (non-hydrogen) atoms. The van der Waals surface area contributed by atoms with E-state index in [2.05, 4.69) is 5.32 Å². The molecule has 2 aromatic rings. The Bertz CT molecular complexity index is 921. The molecule has 2 unspecified atom stereocenters. The quantitative estimate of drug-likeness (QED) is 0.849. The summed E-state index contributed by atoms with van der Waals surface area (Å²) in [4.78, 5) is 26.2. The van der Waals surface area contributed by atoms with Gasteiger partial charge >= 0.3 is 6.18 Å². The topological polar surface area (TPSA) is 71.2 Å². The molecule has 144 valence electrons. The van der Waals surface area contributed by atoms with Gasteiger partial charge in [0.2, 0.25) is 0 Å². The van der Waals surface area contributed by atoms with Gasteiger partial charge in [0.05, 0.1) is 6.04 Å². The van der Waals surface area contributed by atoms with Crippen LogP contribution >= 0.6 is 0 Å². The second kappa shape index (κ2) is 7.09. The predicted molar refractivity (Wildman–Crippen MR) is 92.8 cm³/mol. The number of hydrogen-bond donors (Lipinski definition) is 2. The van der Waals surface area contributed by atoms with E-state index in [0.29, 0.717) is 18.2 Å². The maximum atomic E-state index is 12.7. The van der Waals surface area contributed by atoms with Crippen LogP contribution in [0, 0.1) is 6.92 Å². The molecule has 0 fully saturated rings. The van der Waals surface area contributed by atoms with Gasteiger partial charge < -0.3 is 15.0 Å². The number of nitrogens with one attached hydrogen (secondary N) is 2. The second-order valence-electron chi connectivity index (χ2n) is 6.55. The third-order valence-electron chi connectivity index (χ3n) is 4.47. The molecule has 2 heterocycles. The summed E-state index contributed by atoms with van der Waals surface area (Å²) in [6.07, 6.45) is -3.48. The number of aryl methyl sites for hydroxylation is 1. The number of carbonyl (C=O) groups excluding carboxylic acids is 1. The van der Waals surface area contributed by atoms with Crippen LogP contribution in [-0.2, 0) is 6.18 Å². The number of alkyl halides is 3. The van der Waals surface area contributed by atoms with E-state index in [1.165, 1.54) is 0 Å². The first kappa shape index (κ1) is 19.0. The fourth-order valence-electron chi connectivity index (χ4n) is 3.17. The minimum Gasteiger partial charge on any atom is -0.488 e. The van der Waals surface area contributed by atoms with Crippen LogP contribution in [-0.4, -0.2) is 17.0 Å². The molecule has 2 atom stereocenters. The zero-order valence-corrected chi connectivity index (χ0v) is 14.8. The average Bonchev–Trinajstić information content (AvgIpc) is 2.91. The van der Waals surface area contributed by atoms with Crippen molar-refractivity contribution < 1.29 is 22.7 Å². The Morgan fingerprint density at radius 3 is 2.63 bits per heavy atom. The van der Waals surface area contributed by atoms with Crippen molar-refractivity contribution in [2.45, 2.75) is 45.0 Å². The van der Waals surface area contributed by atoms with Gasteiger partial charge in [-0.25, -0.2) is 0 Å². The molecule has 0 radical (unpaired) electrons. The molecular weight excluding hydrogens is 361 g/mol. The smallest absolute Gasteiger partial charge is 0.431 e. The summed E-state index contributed by atoms with van der Waals surface area (Å²) < 4.78 is 43.9. The number of fused-ring (bicyclic) bond motifs is 1. The van der Waals surface area contributed by atoms with Crippen molar-refractivity contribution in [1.82, 2.24) is 10.3 Å². The number of amides is 1. The molecular formula is C19H19F3N2O3. The van der Waals surface area contributed by atoms with Crippen LogP contribution < -0.4 is 15.6 Å². The summed E-state index contributed by atoms with van der Waals surface area (Å²) in [5.74, 6) is -0.0836. The highest BCUT2D eigenvalue weighted by atomic mass is 19.4. The number of aromatic nitrogens is 1. The number of rotatable bonds is 4. The van der Waals surface area contributed by atoms with Gasteiger partial charge in [0.1, 0.15) is 23.1 Å². The van der Waals surface area contributed by atoms with E-state index in [9.17, 15) is 22.8 Å². The van der Waals surface area contributed by atoms with E-state index in [0.717, 1.165) is 23.6 Å². The van der Waals surface area contributed by atoms with Gasteiger partial charge in [-0.2, -0.15) is 13.2 Å². The predicted octanol–water partition coefficient (Wildman–Crippen LogP) is 3.73. The molecule has 1 amide bonds. The van der Waals surface area contributed by atoms with Crippen LogP contribution in [0.4, 0.5) is 13.2 Å². The lowest BCUT2D eigenvalue weighted by molar-refractivity contribution is -0.141. The zero-order valence-electron chi connectivity index (χ0n) is 14.8. The first-order valence-corrected chi connectivity index (χ1v) is 8.59. The van der Waals surface area contributed by atoms with E-state index < -0.39 is 29.4 Å². The average molecular weight is 380 g/mol. The molecule has 0 saturated carbocycles. The monoisotopic (exact) mass is 380 g/mol. The Hall–Kier alpha value is -2.77. The van der Waals surface area contributed by atoms with Crippen molar-refractivity contribution in [3.63, 3.8) is 0 Å². The number of aromatic amines is 1. The van der Waals surface area contributed by atoms with E-state index >= 15 is 0 Å². The number of hydrogen-bond acceptors (Lipinski definition) is 3. The lowest BCUT2D eigenvalue weighted by atomic mass is 9.98. The maximum Gasteiger partial charge on any atom is 0.431 e. The molecule has 3 rings (SSSR count). The molecule has 0 bridgehead atoms. The van der Waals surface area contributed by atoms with Gasteiger partial charge in [0, 0.05) is 5.56 Å². The van der Waals surface area contributed by atoms with E-state index in [-0.39, 0.29) is 11.7 Å². The van der Waals surface area contributed by atoms with Crippen LogP contribution in [0.25, 0.3) is 0 Å². The molecule has 2 N–H and O–H groups in total. The molecule has 0 saturated heterocycles. The van der Waals surface area contributed by atoms with Crippen molar-refractivity contribution in [2.24, 2.45) is 0 Å². The Balaban J connectivity index is 1.88. The van der Waals surface area contributed by atoms with Crippen molar-refractivity contribution in [1.29, 1.82) is 0 Å². The number of pyridine rings is 1. The van der Waals surface area contributed by atoms with E-state index in [1.54, 1.807) is 4.98 Å². The van der Waals surface area contributed by atoms with Crippen molar-refractivity contribution >= 4 is 5.91 Å². The molecule has 1 aliphatic heterocycles. The van der Waals surface area contributed by atoms with Crippen molar-refractivity contribution in [3.8, 4) is 5.75 Å². The molecule has 8 heteroatoms. The molecule has 0 aliphatic carbocycles. The van der Waals surface area contributed by atoms with Crippen LogP contribution in [0.3, 0.4) is 0 Å². The van der Waals surface area contributed by atoms with Gasteiger partial charge in [-0.15, -0.1) is 0 Å². The summed E-state index contributed by atoms with van der Waals surface area (Å²) in [5.41, 5.74) is -0.874. The Morgan fingerprint density at radius 1 is 1.26 bits per heavy atom. The van der Waals surface area contributed by atoms with Crippen LogP contribution in [0.5, 0.6) is 5.75 Å². The summed E-state index contributed by atoms with van der Waals surface area (Å²) in [5, 5.41) is 2.75. The lowest BCUT2D eigenvalue weighted by Gasteiger charge is -2.20. The zero-order chi connectivity index (χ0) is 19.8. The van der Waals surface area contributed by atoms with Gasteiger partial charge in [-0.05, 0) is 31.5 Å². The fraction of sp³-hybridized carbons (Fsp3) is 0.368. The molecule has 1 aromatic heterocycles. The molecule has 1 aliphatic rings. The first-order valence-electron chi connectivity index (χ1n) is 8.59. The minimum atomic E-state index is -4.68. The largest absolute Gasteiger partial charge is 0.488 e. The molecule has 0 spiro atoms. The number of ether oxygens (including phenoxy) is 1. The first-order chi connectivity index (χ1) is 12.7. The van der Waals surface area contributed by atoms with Gasteiger partial charge in [-0.1, -0.05) is 31.0 Å². The Labute approximate surface area is 153 Å². The Morgan fingerprint density at radius 2 is 2.00 bits per heavy atom. The fourth-order valence-corrected chi connectivity index (χ4v) is 3.17. The lowest BCUT2D eigenvalue weighted by Crippen LogP contribution is -2.38. The van der Waals surface area contributed by atoms with E-state index in [4.69, 9.17) is 4.74 Å². The van der Waals surface area contributed by atoms with Crippen LogP contribution in [0.15, 0.2) is 35.1 Å². The van der Waals surface area contributed by atoms with Gasteiger partial charge in [-0.3, -0.25) is 9.59 Å². The highest BCUT2D eigenvalue weighted by Crippen LogP contribution is 2.39. The van der Waals surface area contributed by atoms with Crippen molar-refractivity contribution in [2.75, 3.05) is 0 Å². The summed E-state index contributed by atoms with van der Waals surface area (Å²) in [7, 11) is 0. The number of carbonyl (C=O) groups is 1. The summed E-state index contributed by atoms with van der Waals surface area (Å²) >= 11 is 0. The van der Waals surface area contributed by atoms with Crippen LogP contribution in [0.2, 0.25) is 0 Å². The molecule has 1 aromatic carbocycles. The highest BCUT2D eigenvalue weighted by molar-refractivity contribution is 5.94. The standard InChI is InChI=1S/C19H19F3N2O3/c1-3-4-14-16(12-9-10(2)5-7-13(12)27-14)24-18(26)11-6-8-15(19(20,21)22)23-17(11)25/h5-9,14,16H,3-4H2,1-2H3,(H,23,25)(H,24,26). The number of halogens is 3. The van der Waals surface area contributed by atoms with E-state index in [1.807, 2.05) is 32.0 Å². The maximum absolute atomic E-state index is 12.7. The third kappa shape index (κ3) is 3.84. The van der Waals surface area contributed by atoms with Crippen molar-refractivity contribution in [3.05, 3.63) is 63.1 Å². The number of benzene rings is 1. The molecule has 5 nitrogen and oxygen atoms in total. The van der Waals surface area contributed by atoms with Crippen LogP contribution in [0.1, 0.15) is 53.0 Å². The highest BCUT2D eigenvalue weighted by Gasteiger charge is 2.36. The minimum absolute atomic E-state index is 0.302. The summed E-state index contributed by atoms with van der Waals surface area (Å²) in [6, 6.07) is 6.71. The number of H-pyrrole nitrogens is 1. The normalized spacial score (nSPS) is 18.7. The SMILES string of the molecule is CCCC1Oc2ccc(C)cc2C1NC(=O)c1ccc(C(F)(F)F)[nH]c1=O. The Kier molecular flexibility index (Phi) is 4.99.